The number of benzene rings is 2. The van der Waals surface area contributed by atoms with Gasteiger partial charge in [-0.3, -0.25) is 9.52 Å². The fourth-order valence-electron chi connectivity index (χ4n) is 3.31. The minimum absolute atomic E-state index is 0.0272. The van der Waals surface area contributed by atoms with E-state index in [0.717, 1.165) is 16.8 Å². The standard InChI is InChI=1S/C21H24FN3O3S/c1-4-10-29(27,28)25-19-7-5-6-18(13(19)2)24-21(26)12-16-14(3)23-20-9-8-15(22)11-17(16)20/h5-9,11,23,25H,4,10,12H2,1-3H3,(H,24,26). The van der Waals surface area contributed by atoms with Crippen molar-refractivity contribution in [3.63, 3.8) is 0 Å². The fraction of sp³-hybridized carbons (Fsp3) is 0.286. The van der Waals surface area contributed by atoms with Crippen molar-refractivity contribution in [2.24, 2.45) is 0 Å². The monoisotopic (exact) mass is 417 g/mol. The number of aromatic nitrogens is 1. The number of aromatic amines is 1. The van der Waals surface area contributed by atoms with E-state index in [-0.39, 0.29) is 23.9 Å². The maximum Gasteiger partial charge on any atom is 0.232 e. The molecule has 1 heterocycles. The van der Waals surface area contributed by atoms with E-state index < -0.39 is 10.0 Å². The predicted octanol–water partition coefficient (Wildman–Crippen LogP) is 4.26. The van der Waals surface area contributed by atoms with E-state index in [1.807, 2.05) is 6.92 Å². The molecule has 0 spiro atoms. The highest BCUT2D eigenvalue weighted by molar-refractivity contribution is 7.92. The van der Waals surface area contributed by atoms with Crippen LogP contribution in [-0.4, -0.2) is 25.1 Å². The maximum atomic E-state index is 13.6. The molecule has 2 aromatic carbocycles. The molecule has 3 N–H and O–H groups in total. The van der Waals surface area contributed by atoms with Crippen molar-refractivity contribution in [2.45, 2.75) is 33.6 Å². The van der Waals surface area contributed by atoms with Crippen LogP contribution < -0.4 is 10.0 Å². The number of hydrogen-bond donors (Lipinski definition) is 3. The average molecular weight is 418 g/mol. The highest BCUT2D eigenvalue weighted by atomic mass is 32.2. The molecule has 29 heavy (non-hydrogen) atoms. The van der Waals surface area contributed by atoms with E-state index in [4.69, 9.17) is 0 Å². The molecular weight excluding hydrogens is 393 g/mol. The van der Waals surface area contributed by atoms with Gasteiger partial charge in [-0.2, -0.15) is 0 Å². The summed E-state index contributed by atoms with van der Waals surface area (Å²) in [4.78, 5) is 15.8. The molecule has 3 aromatic rings. The Kier molecular flexibility index (Phi) is 5.93. The number of H-pyrrole nitrogens is 1. The number of rotatable bonds is 7. The SMILES string of the molecule is CCCS(=O)(=O)Nc1cccc(NC(=O)Cc2c(C)[nH]c3ccc(F)cc23)c1C. The lowest BCUT2D eigenvalue weighted by molar-refractivity contribution is -0.115. The Balaban J connectivity index is 1.81. The van der Waals surface area contributed by atoms with Gasteiger partial charge in [0.15, 0.2) is 0 Å². The molecule has 0 radical (unpaired) electrons. The van der Waals surface area contributed by atoms with Crippen molar-refractivity contribution in [2.75, 3.05) is 15.8 Å². The highest BCUT2D eigenvalue weighted by Gasteiger charge is 2.16. The predicted molar refractivity (Wildman–Crippen MR) is 114 cm³/mol. The fourth-order valence-corrected chi connectivity index (χ4v) is 4.50. The largest absolute Gasteiger partial charge is 0.358 e. The van der Waals surface area contributed by atoms with Crippen LogP contribution in [0.5, 0.6) is 0 Å². The lowest BCUT2D eigenvalue weighted by Gasteiger charge is -2.14. The number of fused-ring (bicyclic) bond motifs is 1. The third-order valence-corrected chi connectivity index (χ3v) is 6.24. The molecule has 0 aliphatic rings. The molecule has 0 saturated heterocycles. The Morgan fingerprint density at radius 2 is 1.86 bits per heavy atom. The summed E-state index contributed by atoms with van der Waals surface area (Å²) < 4.78 is 40.3. The molecule has 3 rings (SSSR count). The van der Waals surface area contributed by atoms with Gasteiger partial charge in [0.1, 0.15) is 5.82 Å². The van der Waals surface area contributed by atoms with Crippen molar-refractivity contribution in [1.82, 2.24) is 4.98 Å². The summed E-state index contributed by atoms with van der Waals surface area (Å²) >= 11 is 0. The summed E-state index contributed by atoms with van der Waals surface area (Å²) in [6.07, 6.45) is 0.579. The first-order chi connectivity index (χ1) is 13.7. The second-order valence-corrected chi connectivity index (χ2v) is 8.88. The number of halogens is 1. The van der Waals surface area contributed by atoms with Crippen LogP contribution in [0, 0.1) is 19.7 Å². The average Bonchev–Trinajstić information content (AvgIpc) is 2.93. The second-order valence-electron chi connectivity index (χ2n) is 7.04. The van der Waals surface area contributed by atoms with Crippen LogP contribution in [-0.2, 0) is 21.2 Å². The van der Waals surface area contributed by atoms with Gasteiger partial charge in [0.25, 0.3) is 0 Å². The minimum Gasteiger partial charge on any atom is -0.358 e. The zero-order valence-electron chi connectivity index (χ0n) is 16.6. The van der Waals surface area contributed by atoms with E-state index >= 15 is 0 Å². The number of sulfonamides is 1. The molecule has 1 aromatic heterocycles. The molecule has 0 unspecified atom stereocenters. The van der Waals surface area contributed by atoms with Crippen LogP contribution in [0.4, 0.5) is 15.8 Å². The molecule has 0 aliphatic heterocycles. The van der Waals surface area contributed by atoms with Gasteiger partial charge in [0.2, 0.25) is 15.9 Å². The summed E-state index contributed by atoms with van der Waals surface area (Å²) in [6, 6.07) is 9.48. The topological polar surface area (TPSA) is 91.1 Å². The molecule has 0 fully saturated rings. The summed E-state index contributed by atoms with van der Waals surface area (Å²) in [5, 5.41) is 3.51. The van der Waals surface area contributed by atoms with Crippen molar-refractivity contribution < 1.29 is 17.6 Å². The summed E-state index contributed by atoms with van der Waals surface area (Å²) in [5.41, 5.74) is 3.89. The lowest BCUT2D eigenvalue weighted by Crippen LogP contribution is -2.18. The van der Waals surface area contributed by atoms with Gasteiger partial charge in [0.05, 0.1) is 17.9 Å². The van der Waals surface area contributed by atoms with E-state index in [2.05, 4.69) is 15.0 Å². The lowest BCUT2D eigenvalue weighted by atomic mass is 10.1. The molecule has 154 valence electrons. The zero-order valence-corrected chi connectivity index (χ0v) is 17.4. The van der Waals surface area contributed by atoms with Gasteiger partial charge >= 0.3 is 0 Å². The molecule has 6 nitrogen and oxygen atoms in total. The summed E-state index contributed by atoms with van der Waals surface area (Å²) in [6.45, 7) is 5.38. The molecule has 0 bridgehead atoms. The molecule has 0 atom stereocenters. The van der Waals surface area contributed by atoms with Gasteiger partial charge < -0.3 is 10.3 Å². The normalized spacial score (nSPS) is 11.6. The van der Waals surface area contributed by atoms with E-state index in [1.54, 1.807) is 38.1 Å². The first kappa shape index (κ1) is 20.9. The Hall–Kier alpha value is -2.87. The van der Waals surface area contributed by atoms with Crippen molar-refractivity contribution in [3.8, 4) is 0 Å². The van der Waals surface area contributed by atoms with Gasteiger partial charge in [-0.1, -0.05) is 13.0 Å². The Bertz CT molecular complexity index is 1170. The summed E-state index contributed by atoms with van der Waals surface area (Å²) in [5.74, 6) is -0.602. The van der Waals surface area contributed by atoms with Crippen LogP contribution in [0.1, 0.15) is 30.2 Å². The van der Waals surface area contributed by atoms with Crippen LogP contribution in [0.3, 0.4) is 0 Å². The van der Waals surface area contributed by atoms with Gasteiger partial charge in [0, 0.05) is 22.3 Å². The molecule has 1 amide bonds. The van der Waals surface area contributed by atoms with Crippen molar-refractivity contribution in [3.05, 3.63) is 59.0 Å². The number of carbonyl (C=O) groups is 1. The number of amides is 1. The van der Waals surface area contributed by atoms with E-state index in [0.29, 0.717) is 28.7 Å². The van der Waals surface area contributed by atoms with Crippen LogP contribution in [0.15, 0.2) is 36.4 Å². The Labute approximate surface area is 169 Å². The third-order valence-electron chi connectivity index (χ3n) is 4.77. The number of nitrogens with one attached hydrogen (secondary N) is 3. The van der Waals surface area contributed by atoms with Crippen LogP contribution >= 0.6 is 0 Å². The third kappa shape index (κ3) is 4.76. The number of hydrogen-bond acceptors (Lipinski definition) is 3. The quantitative estimate of drug-likeness (QED) is 0.536. The van der Waals surface area contributed by atoms with E-state index in [1.165, 1.54) is 12.1 Å². The van der Waals surface area contributed by atoms with Crippen molar-refractivity contribution >= 4 is 38.2 Å². The number of carbonyl (C=O) groups excluding carboxylic acids is 1. The van der Waals surface area contributed by atoms with Crippen LogP contribution in [0.2, 0.25) is 0 Å². The smallest absolute Gasteiger partial charge is 0.232 e. The first-order valence-electron chi connectivity index (χ1n) is 9.37. The Morgan fingerprint density at radius 1 is 1.14 bits per heavy atom. The highest BCUT2D eigenvalue weighted by Crippen LogP contribution is 2.26. The second kappa shape index (κ2) is 8.24. The van der Waals surface area contributed by atoms with E-state index in [9.17, 15) is 17.6 Å². The molecule has 0 aliphatic carbocycles. The van der Waals surface area contributed by atoms with Crippen LogP contribution in [0.25, 0.3) is 10.9 Å². The molecule has 8 heteroatoms. The summed E-state index contributed by atoms with van der Waals surface area (Å²) in [7, 11) is -3.43. The maximum absolute atomic E-state index is 13.6. The minimum atomic E-state index is -3.43. The molecular formula is C21H24FN3O3S. The van der Waals surface area contributed by atoms with Crippen molar-refractivity contribution in [1.29, 1.82) is 0 Å². The zero-order chi connectivity index (χ0) is 21.2. The number of aryl methyl sites for hydroxylation is 1. The number of anilines is 2. The molecule has 0 saturated carbocycles. The first-order valence-corrected chi connectivity index (χ1v) is 11.0. The Morgan fingerprint density at radius 3 is 2.59 bits per heavy atom. The van der Waals surface area contributed by atoms with Gasteiger partial charge in [-0.15, -0.1) is 0 Å². The van der Waals surface area contributed by atoms with Gasteiger partial charge in [-0.25, -0.2) is 12.8 Å². The van der Waals surface area contributed by atoms with Gasteiger partial charge in [-0.05, 0) is 61.7 Å².